The molecular weight excluding hydrogens is 289 g/mol. The van der Waals surface area contributed by atoms with Gasteiger partial charge >= 0.3 is 0 Å². The lowest BCUT2D eigenvalue weighted by molar-refractivity contribution is 0.208. The number of benzene rings is 2. The Labute approximate surface area is 129 Å². The van der Waals surface area contributed by atoms with Gasteiger partial charge in [-0.3, -0.25) is 0 Å². The first-order valence-corrected chi connectivity index (χ1v) is 7.39. The lowest BCUT2D eigenvalue weighted by Gasteiger charge is -2.20. The summed E-state index contributed by atoms with van der Waals surface area (Å²) in [6.07, 6.45) is 0.908. The SMILES string of the molecule is CC[C@@H](CNc1ccc(F)c(Cl)c1)Oc1ccccc1C. The van der Waals surface area contributed by atoms with E-state index in [-0.39, 0.29) is 11.1 Å². The Morgan fingerprint density at radius 1 is 1.24 bits per heavy atom. The van der Waals surface area contributed by atoms with Crippen molar-refractivity contribution in [2.45, 2.75) is 26.4 Å². The van der Waals surface area contributed by atoms with Gasteiger partial charge in [0, 0.05) is 5.69 Å². The normalized spacial score (nSPS) is 12.0. The van der Waals surface area contributed by atoms with Crippen LogP contribution in [-0.2, 0) is 0 Å². The molecule has 0 aromatic heterocycles. The Balaban J connectivity index is 1.96. The van der Waals surface area contributed by atoms with Gasteiger partial charge < -0.3 is 10.1 Å². The number of rotatable bonds is 6. The van der Waals surface area contributed by atoms with Crippen molar-refractivity contribution in [1.29, 1.82) is 0 Å². The monoisotopic (exact) mass is 307 g/mol. The van der Waals surface area contributed by atoms with Gasteiger partial charge in [0.15, 0.2) is 0 Å². The molecule has 2 nitrogen and oxygen atoms in total. The third kappa shape index (κ3) is 4.36. The zero-order chi connectivity index (χ0) is 15.2. The van der Waals surface area contributed by atoms with Gasteiger partial charge in [-0.25, -0.2) is 4.39 Å². The van der Waals surface area contributed by atoms with Crippen LogP contribution in [0.5, 0.6) is 5.75 Å². The molecule has 0 saturated carbocycles. The van der Waals surface area contributed by atoms with E-state index in [1.165, 1.54) is 6.07 Å². The summed E-state index contributed by atoms with van der Waals surface area (Å²) in [6, 6.07) is 12.5. The van der Waals surface area contributed by atoms with E-state index in [1.54, 1.807) is 12.1 Å². The van der Waals surface area contributed by atoms with Crippen molar-refractivity contribution in [3.8, 4) is 5.75 Å². The molecule has 4 heteroatoms. The molecule has 21 heavy (non-hydrogen) atoms. The van der Waals surface area contributed by atoms with E-state index in [0.717, 1.165) is 23.4 Å². The van der Waals surface area contributed by atoms with Crippen molar-refractivity contribution in [1.82, 2.24) is 0 Å². The molecule has 0 radical (unpaired) electrons. The molecule has 0 aliphatic heterocycles. The molecule has 0 unspecified atom stereocenters. The van der Waals surface area contributed by atoms with Crippen molar-refractivity contribution in [3.63, 3.8) is 0 Å². The van der Waals surface area contributed by atoms with E-state index < -0.39 is 5.82 Å². The van der Waals surface area contributed by atoms with Gasteiger partial charge in [0.25, 0.3) is 0 Å². The molecule has 1 N–H and O–H groups in total. The molecule has 2 aromatic rings. The molecule has 0 fully saturated rings. The topological polar surface area (TPSA) is 21.3 Å². The van der Waals surface area contributed by atoms with Gasteiger partial charge in [0.2, 0.25) is 0 Å². The van der Waals surface area contributed by atoms with Crippen molar-refractivity contribution >= 4 is 17.3 Å². The van der Waals surface area contributed by atoms with E-state index in [0.29, 0.717) is 6.54 Å². The third-order valence-corrected chi connectivity index (χ3v) is 3.59. The van der Waals surface area contributed by atoms with Crippen LogP contribution in [0.2, 0.25) is 5.02 Å². The molecule has 2 aromatic carbocycles. The summed E-state index contributed by atoms with van der Waals surface area (Å²) in [5.74, 6) is 0.480. The number of halogens is 2. The van der Waals surface area contributed by atoms with Crippen LogP contribution in [0.4, 0.5) is 10.1 Å². The van der Waals surface area contributed by atoms with Gasteiger partial charge in [0.05, 0.1) is 11.6 Å². The fourth-order valence-corrected chi connectivity index (χ4v) is 2.16. The Hall–Kier alpha value is -1.74. The molecule has 112 valence electrons. The molecule has 0 aliphatic rings. The first-order valence-electron chi connectivity index (χ1n) is 7.01. The number of aryl methyl sites for hydroxylation is 1. The number of para-hydroxylation sites is 1. The van der Waals surface area contributed by atoms with Crippen LogP contribution in [0.3, 0.4) is 0 Å². The van der Waals surface area contributed by atoms with Gasteiger partial charge in [-0.2, -0.15) is 0 Å². The van der Waals surface area contributed by atoms with Gasteiger partial charge in [-0.1, -0.05) is 36.7 Å². The standard InChI is InChI=1S/C17H19ClFNO/c1-3-14(21-17-7-5-4-6-12(17)2)11-20-13-8-9-16(19)15(18)10-13/h4-10,14,20H,3,11H2,1-2H3/t14-/m0/s1. The van der Waals surface area contributed by atoms with Crippen molar-refractivity contribution in [3.05, 3.63) is 58.9 Å². The molecule has 0 saturated heterocycles. The lowest BCUT2D eigenvalue weighted by atomic mass is 10.2. The van der Waals surface area contributed by atoms with E-state index in [2.05, 4.69) is 12.2 Å². The first kappa shape index (κ1) is 15.6. The number of hydrogen-bond acceptors (Lipinski definition) is 2. The number of ether oxygens (including phenoxy) is 1. The maximum atomic E-state index is 13.1. The van der Waals surface area contributed by atoms with E-state index in [1.807, 2.05) is 31.2 Å². The highest BCUT2D eigenvalue weighted by Gasteiger charge is 2.10. The number of nitrogens with one attached hydrogen (secondary N) is 1. The minimum atomic E-state index is -0.412. The zero-order valence-corrected chi connectivity index (χ0v) is 13.0. The summed E-state index contributed by atoms with van der Waals surface area (Å²) in [4.78, 5) is 0. The van der Waals surface area contributed by atoms with Crippen LogP contribution in [0.15, 0.2) is 42.5 Å². The number of anilines is 1. The fraction of sp³-hybridized carbons (Fsp3) is 0.294. The third-order valence-electron chi connectivity index (χ3n) is 3.30. The first-order chi connectivity index (χ1) is 10.1. The van der Waals surface area contributed by atoms with Crippen LogP contribution in [0.25, 0.3) is 0 Å². The predicted octanol–water partition coefficient (Wildman–Crippen LogP) is 5.06. The molecule has 1 atom stereocenters. The zero-order valence-electron chi connectivity index (χ0n) is 12.2. The summed E-state index contributed by atoms with van der Waals surface area (Å²) < 4.78 is 19.1. The average Bonchev–Trinajstić information content (AvgIpc) is 2.49. The highest BCUT2D eigenvalue weighted by Crippen LogP contribution is 2.21. The van der Waals surface area contributed by atoms with E-state index in [9.17, 15) is 4.39 Å². The van der Waals surface area contributed by atoms with Crippen molar-refractivity contribution in [2.24, 2.45) is 0 Å². The van der Waals surface area contributed by atoms with Gasteiger partial charge in [-0.15, -0.1) is 0 Å². The number of hydrogen-bond donors (Lipinski definition) is 1. The second-order valence-corrected chi connectivity index (χ2v) is 5.33. The van der Waals surface area contributed by atoms with E-state index >= 15 is 0 Å². The van der Waals surface area contributed by atoms with Crippen molar-refractivity contribution < 1.29 is 9.13 Å². The highest BCUT2D eigenvalue weighted by atomic mass is 35.5. The lowest BCUT2D eigenvalue weighted by Crippen LogP contribution is -2.25. The quantitative estimate of drug-likeness (QED) is 0.805. The minimum Gasteiger partial charge on any atom is -0.488 e. The van der Waals surface area contributed by atoms with Crippen LogP contribution >= 0.6 is 11.6 Å². The Morgan fingerprint density at radius 2 is 2.00 bits per heavy atom. The predicted molar refractivity (Wildman–Crippen MR) is 85.8 cm³/mol. The average molecular weight is 308 g/mol. The maximum Gasteiger partial charge on any atom is 0.141 e. The maximum absolute atomic E-state index is 13.1. The molecule has 0 spiro atoms. The van der Waals surface area contributed by atoms with E-state index in [4.69, 9.17) is 16.3 Å². The molecular formula is C17H19ClFNO. The summed E-state index contributed by atoms with van der Waals surface area (Å²) >= 11 is 5.77. The Bertz CT molecular complexity index is 603. The smallest absolute Gasteiger partial charge is 0.141 e. The second kappa shape index (κ2) is 7.32. The minimum absolute atomic E-state index is 0.0370. The largest absolute Gasteiger partial charge is 0.488 e. The van der Waals surface area contributed by atoms with Crippen LogP contribution < -0.4 is 10.1 Å². The molecule has 0 heterocycles. The molecule has 2 rings (SSSR count). The molecule has 0 aliphatic carbocycles. The molecule has 0 amide bonds. The summed E-state index contributed by atoms with van der Waals surface area (Å²) in [5, 5.41) is 3.35. The van der Waals surface area contributed by atoms with Crippen LogP contribution in [-0.4, -0.2) is 12.6 Å². The summed E-state index contributed by atoms with van der Waals surface area (Å²) in [7, 11) is 0. The van der Waals surface area contributed by atoms with Crippen molar-refractivity contribution in [2.75, 3.05) is 11.9 Å². The Morgan fingerprint density at radius 3 is 2.67 bits per heavy atom. The van der Waals surface area contributed by atoms with Gasteiger partial charge in [-0.05, 0) is 43.2 Å². The Kier molecular flexibility index (Phi) is 5.45. The molecule has 0 bridgehead atoms. The summed E-state index contributed by atoms with van der Waals surface area (Å²) in [6.45, 7) is 4.73. The van der Waals surface area contributed by atoms with Crippen LogP contribution in [0, 0.1) is 12.7 Å². The summed E-state index contributed by atoms with van der Waals surface area (Å²) in [5.41, 5.74) is 1.90. The van der Waals surface area contributed by atoms with Crippen LogP contribution in [0.1, 0.15) is 18.9 Å². The van der Waals surface area contributed by atoms with Gasteiger partial charge in [0.1, 0.15) is 17.7 Å². The highest BCUT2D eigenvalue weighted by molar-refractivity contribution is 6.31. The fourth-order valence-electron chi connectivity index (χ4n) is 1.98. The second-order valence-electron chi connectivity index (χ2n) is 4.92.